The summed E-state index contributed by atoms with van der Waals surface area (Å²) in [5.41, 5.74) is 3.87. The molecule has 0 amide bonds. The van der Waals surface area contributed by atoms with Crippen LogP contribution in [0.1, 0.15) is 31.4 Å². The largest absolute Gasteiger partial charge is 0.477 e. The summed E-state index contributed by atoms with van der Waals surface area (Å²) in [4.78, 5) is 15.8. The Morgan fingerprint density at radius 3 is 2.67 bits per heavy atom. The average molecular weight is 443 g/mol. The zero-order chi connectivity index (χ0) is 22.5. The number of ether oxygens (including phenoxy) is 1. The SMILES string of the molecule is Fc1ccc(-c2ccc3ncnc(OCCC4CCCCN4Cc4ccccn4)c3c2)cc1. The third kappa shape index (κ3) is 5.17. The maximum Gasteiger partial charge on any atom is 0.224 e. The predicted molar refractivity (Wildman–Crippen MR) is 127 cm³/mol. The molecule has 1 unspecified atom stereocenters. The zero-order valence-electron chi connectivity index (χ0n) is 18.5. The van der Waals surface area contributed by atoms with Gasteiger partial charge in [-0.05, 0) is 73.3 Å². The smallest absolute Gasteiger partial charge is 0.224 e. The van der Waals surface area contributed by atoms with E-state index in [1.807, 2.05) is 36.5 Å². The molecule has 3 heterocycles. The van der Waals surface area contributed by atoms with Crippen LogP contribution in [0.4, 0.5) is 4.39 Å². The summed E-state index contributed by atoms with van der Waals surface area (Å²) in [7, 11) is 0. The monoisotopic (exact) mass is 442 g/mol. The number of hydrogen-bond donors (Lipinski definition) is 0. The highest BCUT2D eigenvalue weighted by Crippen LogP contribution is 2.29. The van der Waals surface area contributed by atoms with E-state index in [4.69, 9.17) is 4.74 Å². The molecule has 5 rings (SSSR count). The Hall–Kier alpha value is -3.38. The molecule has 2 aromatic carbocycles. The first-order valence-corrected chi connectivity index (χ1v) is 11.5. The Morgan fingerprint density at radius 2 is 1.82 bits per heavy atom. The number of benzene rings is 2. The molecule has 6 heteroatoms. The van der Waals surface area contributed by atoms with Crippen molar-refractivity contribution in [3.8, 4) is 17.0 Å². The Bertz CT molecular complexity index is 1200. The van der Waals surface area contributed by atoms with E-state index in [9.17, 15) is 4.39 Å². The molecule has 1 atom stereocenters. The molecule has 1 saturated heterocycles. The van der Waals surface area contributed by atoms with E-state index in [2.05, 4.69) is 25.9 Å². The topological polar surface area (TPSA) is 51.1 Å². The van der Waals surface area contributed by atoms with Crippen LogP contribution in [0.5, 0.6) is 5.88 Å². The normalized spacial score (nSPS) is 16.7. The lowest BCUT2D eigenvalue weighted by Gasteiger charge is -2.35. The van der Waals surface area contributed by atoms with Crippen molar-refractivity contribution < 1.29 is 9.13 Å². The second-order valence-corrected chi connectivity index (χ2v) is 8.50. The number of fused-ring (bicyclic) bond motifs is 1. The molecule has 4 aromatic rings. The van der Waals surface area contributed by atoms with Crippen LogP contribution in [0.25, 0.3) is 22.0 Å². The van der Waals surface area contributed by atoms with Crippen LogP contribution < -0.4 is 4.74 Å². The van der Waals surface area contributed by atoms with Gasteiger partial charge in [0.1, 0.15) is 12.1 Å². The van der Waals surface area contributed by atoms with E-state index in [0.717, 1.165) is 47.2 Å². The number of pyridine rings is 1. The molecule has 0 radical (unpaired) electrons. The molecule has 168 valence electrons. The van der Waals surface area contributed by atoms with Gasteiger partial charge in [-0.15, -0.1) is 0 Å². The maximum absolute atomic E-state index is 13.3. The van der Waals surface area contributed by atoms with Crippen LogP contribution in [0, 0.1) is 5.82 Å². The average Bonchev–Trinajstić information content (AvgIpc) is 2.86. The number of piperidine rings is 1. The highest BCUT2D eigenvalue weighted by Gasteiger charge is 2.23. The van der Waals surface area contributed by atoms with Gasteiger partial charge >= 0.3 is 0 Å². The molecular weight excluding hydrogens is 415 g/mol. The Morgan fingerprint density at radius 1 is 0.939 bits per heavy atom. The van der Waals surface area contributed by atoms with Crippen molar-refractivity contribution in [2.75, 3.05) is 13.2 Å². The molecule has 1 aliphatic heterocycles. The fourth-order valence-corrected chi connectivity index (χ4v) is 4.56. The number of rotatable bonds is 7. The molecule has 0 N–H and O–H groups in total. The minimum atomic E-state index is -0.244. The molecule has 1 aliphatic rings. The second-order valence-electron chi connectivity index (χ2n) is 8.50. The Balaban J connectivity index is 1.28. The summed E-state index contributed by atoms with van der Waals surface area (Å²) in [6.07, 6.45) is 8.00. The van der Waals surface area contributed by atoms with Crippen LogP contribution in [-0.2, 0) is 6.54 Å². The standard InChI is InChI=1S/C27H27FN4O/c28-22-10-7-20(8-11-22)21-9-12-26-25(17-21)27(31-19-30-26)33-16-13-24-6-2-4-15-32(24)18-23-5-1-3-14-29-23/h1,3,5,7-12,14,17,19,24H,2,4,6,13,15-16,18H2. The molecular formula is C27H27FN4O. The van der Waals surface area contributed by atoms with Crippen LogP contribution in [0.3, 0.4) is 0 Å². The fraction of sp³-hybridized carbons (Fsp3) is 0.296. The highest BCUT2D eigenvalue weighted by atomic mass is 19.1. The lowest BCUT2D eigenvalue weighted by Crippen LogP contribution is -2.40. The number of halogens is 1. The summed E-state index contributed by atoms with van der Waals surface area (Å²) < 4.78 is 19.5. The minimum absolute atomic E-state index is 0.244. The molecule has 5 nitrogen and oxygen atoms in total. The van der Waals surface area contributed by atoms with Crippen LogP contribution in [0.15, 0.2) is 73.2 Å². The van der Waals surface area contributed by atoms with Crippen LogP contribution in [-0.4, -0.2) is 39.0 Å². The van der Waals surface area contributed by atoms with E-state index < -0.39 is 0 Å². The molecule has 1 fully saturated rings. The molecule has 0 saturated carbocycles. The number of hydrogen-bond acceptors (Lipinski definition) is 5. The van der Waals surface area contributed by atoms with Gasteiger partial charge in [0.15, 0.2) is 0 Å². The molecule has 0 spiro atoms. The first kappa shape index (κ1) is 21.5. The van der Waals surface area contributed by atoms with Crippen molar-refractivity contribution in [2.24, 2.45) is 0 Å². The van der Waals surface area contributed by atoms with E-state index in [0.29, 0.717) is 18.5 Å². The van der Waals surface area contributed by atoms with Crippen LogP contribution in [0.2, 0.25) is 0 Å². The van der Waals surface area contributed by atoms with E-state index >= 15 is 0 Å². The zero-order valence-corrected chi connectivity index (χ0v) is 18.5. The van der Waals surface area contributed by atoms with E-state index in [1.165, 1.54) is 31.4 Å². The third-order valence-corrected chi connectivity index (χ3v) is 6.31. The molecule has 0 bridgehead atoms. The Labute approximate surface area is 193 Å². The van der Waals surface area contributed by atoms with Gasteiger partial charge in [-0.3, -0.25) is 9.88 Å². The van der Waals surface area contributed by atoms with Gasteiger partial charge in [0.2, 0.25) is 5.88 Å². The summed E-state index contributed by atoms with van der Waals surface area (Å²) in [5, 5.41) is 0.869. The van der Waals surface area contributed by atoms with Crippen molar-refractivity contribution in [1.82, 2.24) is 19.9 Å². The minimum Gasteiger partial charge on any atom is -0.477 e. The summed E-state index contributed by atoms with van der Waals surface area (Å²) in [6.45, 7) is 2.57. The highest BCUT2D eigenvalue weighted by molar-refractivity contribution is 5.88. The van der Waals surface area contributed by atoms with Crippen LogP contribution >= 0.6 is 0 Å². The van der Waals surface area contributed by atoms with Crippen molar-refractivity contribution in [3.05, 3.63) is 84.7 Å². The van der Waals surface area contributed by atoms with Crippen molar-refractivity contribution in [2.45, 2.75) is 38.3 Å². The number of likely N-dealkylation sites (tertiary alicyclic amines) is 1. The predicted octanol–water partition coefficient (Wildman–Crippen LogP) is 5.65. The lowest BCUT2D eigenvalue weighted by molar-refractivity contribution is 0.114. The van der Waals surface area contributed by atoms with Gasteiger partial charge in [-0.1, -0.05) is 30.7 Å². The van der Waals surface area contributed by atoms with Crippen molar-refractivity contribution >= 4 is 10.9 Å². The van der Waals surface area contributed by atoms with E-state index in [1.54, 1.807) is 18.5 Å². The second kappa shape index (κ2) is 10.0. The Kier molecular flexibility index (Phi) is 6.53. The third-order valence-electron chi connectivity index (χ3n) is 6.31. The lowest BCUT2D eigenvalue weighted by atomic mass is 9.99. The summed E-state index contributed by atoms with van der Waals surface area (Å²) in [6, 6.07) is 19.0. The first-order valence-electron chi connectivity index (χ1n) is 11.5. The molecule has 0 aliphatic carbocycles. The van der Waals surface area contributed by atoms with Gasteiger partial charge in [0.05, 0.1) is 23.2 Å². The van der Waals surface area contributed by atoms with Crippen molar-refractivity contribution in [1.29, 1.82) is 0 Å². The summed E-state index contributed by atoms with van der Waals surface area (Å²) >= 11 is 0. The molecule has 33 heavy (non-hydrogen) atoms. The van der Waals surface area contributed by atoms with Crippen molar-refractivity contribution in [3.63, 3.8) is 0 Å². The number of nitrogens with zero attached hydrogens (tertiary/aromatic N) is 4. The fourth-order valence-electron chi connectivity index (χ4n) is 4.56. The van der Waals surface area contributed by atoms with Gasteiger partial charge in [-0.2, -0.15) is 0 Å². The van der Waals surface area contributed by atoms with Gasteiger partial charge in [-0.25, -0.2) is 14.4 Å². The first-order chi connectivity index (χ1) is 16.3. The maximum atomic E-state index is 13.3. The molecule has 2 aromatic heterocycles. The summed E-state index contributed by atoms with van der Waals surface area (Å²) in [5.74, 6) is 0.350. The quantitative estimate of drug-likeness (QED) is 0.370. The number of aromatic nitrogens is 3. The van der Waals surface area contributed by atoms with Gasteiger partial charge in [0.25, 0.3) is 0 Å². The van der Waals surface area contributed by atoms with Gasteiger partial charge in [0, 0.05) is 18.8 Å². The van der Waals surface area contributed by atoms with E-state index in [-0.39, 0.29) is 5.82 Å². The van der Waals surface area contributed by atoms with Gasteiger partial charge < -0.3 is 4.74 Å².